The van der Waals surface area contributed by atoms with Gasteiger partial charge in [0.15, 0.2) is 5.70 Å². The van der Waals surface area contributed by atoms with Crippen molar-refractivity contribution in [1.82, 2.24) is 4.90 Å². The SMILES string of the molecule is COC(=O)[C@]12CS(=O)CN1C(=O)/C(=C(\C)O)N=N2. The van der Waals surface area contributed by atoms with Gasteiger partial charge in [-0.1, -0.05) is 0 Å². The van der Waals surface area contributed by atoms with Gasteiger partial charge in [-0.25, -0.2) is 4.79 Å². The van der Waals surface area contributed by atoms with Gasteiger partial charge in [0.1, 0.15) is 11.6 Å². The molecule has 0 saturated carbocycles. The Balaban J connectivity index is 2.55. The van der Waals surface area contributed by atoms with Crippen LogP contribution in [0.15, 0.2) is 21.7 Å². The lowest BCUT2D eigenvalue weighted by Crippen LogP contribution is -2.56. The molecule has 2 heterocycles. The first-order valence-corrected chi connectivity index (χ1v) is 6.49. The van der Waals surface area contributed by atoms with Crippen molar-refractivity contribution in [3.8, 4) is 0 Å². The first-order valence-electron chi connectivity index (χ1n) is 5.00. The van der Waals surface area contributed by atoms with Crippen molar-refractivity contribution in [2.75, 3.05) is 18.7 Å². The molecule has 9 heteroatoms. The first-order chi connectivity index (χ1) is 8.42. The second kappa shape index (κ2) is 4.16. The van der Waals surface area contributed by atoms with Gasteiger partial charge in [0, 0.05) is 10.8 Å². The van der Waals surface area contributed by atoms with E-state index in [0.29, 0.717) is 0 Å². The third-order valence-electron chi connectivity index (χ3n) is 2.70. The minimum absolute atomic E-state index is 0.135. The van der Waals surface area contributed by atoms with E-state index in [-0.39, 0.29) is 23.1 Å². The fourth-order valence-corrected chi connectivity index (χ4v) is 3.30. The summed E-state index contributed by atoms with van der Waals surface area (Å²) in [6.45, 7) is 1.28. The Hall–Kier alpha value is -1.77. The standard InChI is InChI=1S/C9H11N3O5S/c1-5(13)6-7(14)12-4-18(16)3-9(12,11-10-6)8(15)17-2/h13H,3-4H2,1-2H3/b6-5-/t9-,18?/m0/s1. The number of aliphatic hydroxyl groups is 1. The summed E-state index contributed by atoms with van der Waals surface area (Å²) >= 11 is 0. The molecule has 0 spiro atoms. The zero-order valence-electron chi connectivity index (χ0n) is 9.74. The molecule has 0 aromatic rings. The Labute approximate surface area is 105 Å². The Morgan fingerprint density at radius 2 is 2.28 bits per heavy atom. The number of ether oxygens (including phenoxy) is 1. The van der Waals surface area contributed by atoms with Crippen LogP contribution in [0, 0.1) is 0 Å². The van der Waals surface area contributed by atoms with Gasteiger partial charge in [-0.05, 0) is 6.92 Å². The Bertz CT molecular complexity index is 510. The lowest BCUT2D eigenvalue weighted by molar-refractivity contribution is -0.158. The third kappa shape index (κ3) is 1.62. The van der Waals surface area contributed by atoms with Crippen LogP contribution in [0.5, 0.6) is 0 Å². The number of aliphatic hydroxyl groups excluding tert-OH is 1. The highest BCUT2D eigenvalue weighted by Crippen LogP contribution is 2.34. The monoisotopic (exact) mass is 273 g/mol. The molecular formula is C9H11N3O5S. The number of azo groups is 1. The quantitative estimate of drug-likeness (QED) is 0.399. The van der Waals surface area contributed by atoms with Crippen LogP contribution in [-0.4, -0.2) is 50.5 Å². The molecule has 1 saturated heterocycles. The fourth-order valence-electron chi connectivity index (χ4n) is 1.81. The van der Waals surface area contributed by atoms with Crippen molar-refractivity contribution in [3.05, 3.63) is 11.5 Å². The fraction of sp³-hybridized carbons (Fsp3) is 0.556. The molecule has 2 atom stereocenters. The largest absolute Gasteiger partial charge is 0.510 e. The number of nitrogens with zero attached hydrogens (tertiary/aromatic N) is 3. The van der Waals surface area contributed by atoms with Crippen molar-refractivity contribution in [2.24, 2.45) is 10.2 Å². The van der Waals surface area contributed by atoms with E-state index in [1.165, 1.54) is 6.92 Å². The topological polar surface area (TPSA) is 109 Å². The summed E-state index contributed by atoms with van der Waals surface area (Å²) < 4.78 is 16.2. The van der Waals surface area contributed by atoms with Gasteiger partial charge in [-0.3, -0.25) is 13.9 Å². The van der Waals surface area contributed by atoms with E-state index in [9.17, 15) is 18.9 Å². The summed E-state index contributed by atoms with van der Waals surface area (Å²) in [4.78, 5) is 24.8. The molecule has 1 amide bonds. The van der Waals surface area contributed by atoms with E-state index in [1.54, 1.807) is 0 Å². The zero-order valence-corrected chi connectivity index (χ0v) is 10.6. The molecule has 2 aliphatic rings. The van der Waals surface area contributed by atoms with Crippen LogP contribution >= 0.6 is 0 Å². The number of rotatable bonds is 1. The van der Waals surface area contributed by atoms with Crippen LogP contribution in [0.25, 0.3) is 0 Å². The van der Waals surface area contributed by atoms with E-state index >= 15 is 0 Å². The van der Waals surface area contributed by atoms with E-state index in [1.807, 2.05) is 0 Å². The highest BCUT2D eigenvalue weighted by molar-refractivity contribution is 7.85. The molecule has 1 N–H and O–H groups in total. The third-order valence-corrected chi connectivity index (χ3v) is 3.97. The molecule has 1 unspecified atom stereocenters. The predicted octanol–water partition coefficient (Wildman–Crippen LogP) is -0.341. The van der Waals surface area contributed by atoms with E-state index < -0.39 is 28.3 Å². The summed E-state index contributed by atoms with van der Waals surface area (Å²) in [6, 6.07) is 0. The molecule has 8 nitrogen and oxygen atoms in total. The Morgan fingerprint density at radius 3 is 2.83 bits per heavy atom. The summed E-state index contributed by atoms with van der Waals surface area (Å²) in [5.41, 5.74) is -1.91. The van der Waals surface area contributed by atoms with Crippen molar-refractivity contribution >= 4 is 22.7 Å². The van der Waals surface area contributed by atoms with E-state index in [0.717, 1.165) is 12.0 Å². The second-order valence-electron chi connectivity index (χ2n) is 3.89. The molecule has 0 bridgehead atoms. The van der Waals surface area contributed by atoms with Crippen LogP contribution in [0.4, 0.5) is 0 Å². The highest BCUT2D eigenvalue weighted by atomic mass is 32.2. The predicted molar refractivity (Wildman–Crippen MR) is 59.7 cm³/mol. The smallest absolute Gasteiger partial charge is 0.357 e. The Morgan fingerprint density at radius 1 is 1.61 bits per heavy atom. The van der Waals surface area contributed by atoms with Crippen LogP contribution in [0.1, 0.15) is 6.92 Å². The van der Waals surface area contributed by atoms with Gasteiger partial charge in [0.25, 0.3) is 11.6 Å². The normalized spacial score (nSPS) is 33.3. The number of hydrogen-bond acceptors (Lipinski definition) is 7. The summed E-state index contributed by atoms with van der Waals surface area (Å²) in [5.74, 6) is -2.06. The number of carbonyl (C=O) groups is 2. The van der Waals surface area contributed by atoms with Gasteiger partial charge in [0.2, 0.25) is 0 Å². The number of allylic oxidation sites excluding steroid dienone is 1. The highest BCUT2D eigenvalue weighted by Gasteiger charge is 2.57. The average molecular weight is 273 g/mol. The lowest BCUT2D eigenvalue weighted by atomic mass is 10.1. The molecule has 0 aromatic carbocycles. The number of fused-ring (bicyclic) bond motifs is 1. The minimum atomic E-state index is -1.66. The number of hydrogen-bond donors (Lipinski definition) is 1. The van der Waals surface area contributed by atoms with Gasteiger partial charge in [-0.2, -0.15) is 0 Å². The van der Waals surface area contributed by atoms with Crippen LogP contribution < -0.4 is 0 Å². The maximum Gasteiger partial charge on any atom is 0.357 e. The number of carbonyl (C=O) groups excluding carboxylic acids is 2. The molecule has 2 aliphatic heterocycles. The Kier molecular flexibility index (Phi) is 2.93. The molecule has 18 heavy (non-hydrogen) atoms. The van der Waals surface area contributed by atoms with Crippen LogP contribution in [0.3, 0.4) is 0 Å². The van der Waals surface area contributed by atoms with Gasteiger partial charge >= 0.3 is 5.97 Å². The summed E-state index contributed by atoms with van der Waals surface area (Å²) in [6.07, 6.45) is 0. The van der Waals surface area contributed by atoms with Gasteiger partial charge in [-0.15, -0.1) is 10.2 Å². The first kappa shape index (κ1) is 12.7. The van der Waals surface area contributed by atoms with Crippen molar-refractivity contribution in [1.29, 1.82) is 0 Å². The number of esters is 1. The molecule has 0 aliphatic carbocycles. The minimum Gasteiger partial charge on any atom is -0.510 e. The summed E-state index contributed by atoms with van der Waals surface area (Å²) in [7, 11) is -0.255. The molecule has 0 radical (unpaired) electrons. The molecule has 1 fully saturated rings. The molecule has 98 valence electrons. The van der Waals surface area contributed by atoms with Crippen molar-refractivity contribution in [2.45, 2.75) is 12.6 Å². The maximum absolute atomic E-state index is 12.0. The zero-order chi connectivity index (χ0) is 13.5. The molecule has 0 aromatic heterocycles. The summed E-state index contributed by atoms with van der Waals surface area (Å²) in [5, 5.41) is 16.6. The average Bonchev–Trinajstić information content (AvgIpc) is 2.66. The van der Waals surface area contributed by atoms with E-state index in [2.05, 4.69) is 15.0 Å². The second-order valence-corrected chi connectivity index (χ2v) is 5.32. The van der Waals surface area contributed by atoms with Crippen molar-refractivity contribution < 1.29 is 23.6 Å². The lowest BCUT2D eigenvalue weighted by Gasteiger charge is -2.32. The van der Waals surface area contributed by atoms with Gasteiger partial charge in [0.05, 0.1) is 12.9 Å². The molecular weight excluding hydrogens is 262 g/mol. The number of amides is 1. The van der Waals surface area contributed by atoms with E-state index in [4.69, 9.17) is 0 Å². The molecule has 2 rings (SSSR count). The number of methoxy groups -OCH3 is 1. The van der Waals surface area contributed by atoms with Gasteiger partial charge < -0.3 is 9.84 Å². The van der Waals surface area contributed by atoms with Crippen LogP contribution in [0.2, 0.25) is 0 Å². The van der Waals surface area contributed by atoms with Crippen LogP contribution in [-0.2, 0) is 25.1 Å². The maximum atomic E-state index is 12.0. The van der Waals surface area contributed by atoms with Crippen molar-refractivity contribution in [3.63, 3.8) is 0 Å².